The Kier molecular flexibility index (Phi) is 13.0. The largest absolute Gasteiger partial charge is 0.372 e. The molecule has 0 saturated carbocycles. The number of rotatable bonds is 2. The fourth-order valence-electron chi connectivity index (χ4n) is 0.0962. The van der Waals surface area contributed by atoms with E-state index in [2.05, 4.69) is 15.2 Å². The first-order valence-corrected chi connectivity index (χ1v) is 2.43. The van der Waals surface area contributed by atoms with Crippen LogP contribution in [0.1, 0.15) is 6.92 Å². The molecule has 0 bridgehead atoms. The minimum absolute atomic E-state index is 0.0648. The van der Waals surface area contributed by atoms with Crippen molar-refractivity contribution in [3.05, 3.63) is 0 Å². The van der Waals surface area contributed by atoms with Crippen LogP contribution < -0.4 is 5.73 Å². The Morgan fingerprint density at radius 1 is 1.44 bits per heavy atom. The zero-order chi connectivity index (χ0) is 7.70. The van der Waals surface area contributed by atoms with Crippen LogP contribution in [0.15, 0.2) is 0 Å². The van der Waals surface area contributed by atoms with Gasteiger partial charge in [0.2, 0.25) is 6.41 Å². The molecule has 56 valence electrons. The Morgan fingerprint density at radius 3 is 1.67 bits per heavy atom. The van der Waals surface area contributed by atoms with Gasteiger partial charge in [0.25, 0.3) is 0 Å². The fraction of sp³-hybridized carbons (Fsp3) is 0.800. The molecule has 0 aliphatic carbocycles. The van der Waals surface area contributed by atoms with Crippen molar-refractivity contribution in [3.63, 3.8) is 0 Å². The maximum Gasteiger partial charge on any atom is 0.204 e. The summed E-state index contributed by atoms with van der Waals surface area (Å²) in [7, 11) is 3.21. The molecule has 0 aromatic heterocycles. The first kappa shape index (κ1) is 11.2. The Balaban J connectivity index is 0. The summed E-state index contributed by atoms with van der Waals surface area (Å²) in [4.78, 5) is 8.58. The van der Waals surface area contributed by atoms with Gasteiger partial charge < -0.3 is 15.2 Å². The quantitative estimate of drug-likeness (QED) is 0.418. The van der Waals surface area contributed by atoms with Gasteiger partial charge in [0.05, 0.1) is 0 Å². The van der Waals surface area contributed by atoms with E-state index < -0.39 is 0 Å². The molecule has 0 rings (SSSR count). The number of nitrogens with two attached hydrogens (primary N) is 1. The third kappa shape index (κ3) is 18.7. The van der Waals surface area contributed by atoms with Gasteiger partial charge in [-0.15, -0.1) is 0 Å². The average molecular weight is 135 g/mol. The lowest BCUT2D eigenvalue weighted by Gasteiger charge is -2.03. The summed E-state index contributed by atoms with van der Waals surface area (Å²) in [5.74, 6) is 0. The van der Waals surface area contributed by atoms with Crippen LogP contribution in [0.4, 0.5) is 0 Å². The van der Waals surface area contributed by atoms with Crippen LogP contribution in [0, 0.1) is 0 Å². The minimum Gasteiger partial charge on any atom is -0.372 e. The number of ether oxygens (including phenoxy) is 2. The van der Waals surface area contributed by atoms with Crippen molar-refractivity contribution >= 4 is 6.41 Å². The van der Waals surface area contributed by atoms with Crippen molar-refractivity contribution in [2.24, 2.45) is 5.73 Å². The standard InChI is InChI=1S/C4H10O2.CH3NO/c1-4(5-2)6-3;2-1-3/h4H,1-3H3;1H,(H2,2,3). The topological polar surface area (TPSA) is 61.6 Å². The van der Waals surface area contributed by atoms with E-state index in [1.54, 1.807) is 14.2 Å². The highest BCUT2D eigenvalue weighted by Crippen LogP contribution is 1.82. The average Bonchev–Trinajstić information content (AvgIpc) is 1.88. The Bertz CT molecular complexity index is 54.2. The van der Waals surface area contributed by atoms with Gasteiger partial charge in [-0.05, 0) is 6.92 Å². The smallest absolute Gasteiger partial charge is 0.204 e. The van der Waals surface area contributed by atoms with Crippen LogP contribution in [0.25, 0.3) is 0 Å². The highest BCUT2D eigenvalue weighted by atomic mass is 16.7. The number of hydrogen-bond acceptors (Lipinski definition) is 3. The van der Waals surface area contributed by atoms with Crippen LogP contribution in [-0.4, -0.2) is 26.9 Å². The summed E-state index contributed by atoms with van der Waals surface area (Å²) < 4.78 is 9.35. The summed E-state index contributed by atoms with van der Waals surface area (Å²) in [6.07, 6.45) is 0.185. The molecule has 9 heavy (non-hydrogen) atoms. The zero-order valence-corrected chi connectivity index (χ0v) is 5.96. The molecule has 0 aliphatic rings. The predicted molar refractivity (Wildman–Crippen MR) is 33.7 cm³/mol. The van der Waals surface area contributed by atoms with Gasteiger partial charge >= 0.3 is 0 Å². The fourth-order valence-corrected chi connectivity index (χ4v) is 0.0962. The Morgan fingerprint density at radius 2 is 1.67 bits per heavy atom. The predicted octanol–water partition coefficient (Wildman–Crippen LogP) is -0.273. The van der Waals surface area contributed by atoms with E-state index in [0.29, 0.717) is 0 Å². The van der Waals surface area contributed by atoms with Crippen molar-refractivity contribution in [1.82, 2.24) is 0 Å². The first-order valence-electron chi connectivity index (χ1n) is 2.43. The molecule has 4 nitrogen and oxygen atoms in total. The molecule has 0 radical (unpaired) electrons. The lowest BCUT2D eigenvalue weighted by molar-refractivity contribution is -0.106. The lowest BCUT2D eigenvalue weighted by Crippen LogP contribution is -2.05. The van der Waals surface area contributed by atoms with Crippen LogP contribution in [-0.2, 0) is 14.3 Å². The van der Waals surface area contributed by atoms with Gasteiger partial charge in [-0.1, -0.05) is 0 Å². The van der Waals surface area contributed by atoms with Crippen molar-refractivity contribution in [2.75, 3.05) is 14.2 Å². The molecule has 0 aromatic rings. The molecule has 1 amide bonds. The van der Waals surface area contributed by atoms with E-state index in [-0.39, 0.29) is 12.7 Å². The van der Waals surface area contributed by atoms with Gasteiger partial charge in [-0.25, -0.2) is 0 Å². The SMILES string of the molecule is COC(C)OC.NC=O. The second kappa shape index (κ2) is 10.4. The highest BCUT2D eigenvalue weighted by molar-refractivity contribution is 5.42. The van der Waals surface area contributed by atoms with Gasteiger partial charge in [0.15, 0.2) is 6.29 Å². The zero-order valence-electron chi connectivity index (χ0n) is 5.96. The number of methoxy groups -OCH3 is 2. The highest BCUT2D eigenvalue weighted by Gasteiger charge is 1.87. The number of hydrogen-bond donors (Lipinski definition) is 1. The Labute approximate surface area is 54.9 Å². The number of primary amides is 1. The summed E-state index contributed by atoms with van der Waals surface area (Å²) in [5.41, 5.74) is 4.17. The van der Waals surface area contributed by atoms with Gasteiger partial charge in [0, 0.05) is 14.2 Å². The summed E-state index contributed by atoms with van der Waals surface area (Å²) in [5, 5.41) is 0. The molecule has 0 unspecified atom stereocenters. The van der Waals surface area contributed by atoms with E-state index in [9.17, 15) is 0 Å². The second-order valence-electron chi connectivity index (χ2n) is 1.18. The number of carbonyl (C=O) groups is 1. The monoisotopic (exact) mass is 135 g/mol. The summed E-state index contributed by atoms with van der Waals surface area (Å²) in [6, 6.07) is 0. The first-order chi connectivity index (χ1) is 4.22. The van der Waals surface area contributed by atoms with Gasteiger partial charge in [-0.2, -0.15) is 0 Å². The van der Waals surface area contributed by atoms with E-state index >= 15 is 0 Å². The van der Waals surface area contributed by atoms with Crippen LogP contribution in [0.3, 0.4) is 0 Å². The van der Waals surface area contributed by atoms with Crippen LogP contribution in [0.5, 0.6) is 0 Å². The van der Waals surface area contributed by atoms with Crippen molar-refractivity contribution in [1.29, 1.82) is 0 Å². The molecule has 4 heteroatoms. The minimum atomic E-state index is -0.0648. The molecule has 0 spiro atoms. The van der Waals surface area contributed by atoms with E-state index in [4.69, 9.17) is 4.79 Å². The molecule has 0 saturated heterocycles. The molecular formula is C5H13NO3. The molecular weight excluding hydrogens is 122 g/mol. The van der Waals surface area contributed by atoms with E-state index in [1.807, 2.05) is 6.92 Å². The van der Waals surface area contributed by atoms with Crippen molar-refractivity contribution in [2.45, 2.75) is 13.2 Å². The molecule has 2 N–H and O–H groups in total. The molecule has 0 atom stereocenters. The second-order valence-corrected chi connectivity index (χ2v) is 1.18. The molecule has 0 heterocycles. The van der Waals surface area contributed by atoms with Gasteiger partial charge in [0.1, 0.15) is 0 Å². The summed E-state index contributed by atoms with van der Waals surface area (Å²) in [6.45, 7) is 1.83. The Hall–Kier alpha value is -0.610. The van der Waals surface area contributed by atoms with Crippen LogP contribution >= 0.6 is 0 Å². The third-order valence-corrected chi connectivity index (χ3v) is 0.664. The maximum absolute atomic E-state index is 8.58. The molecule has 0 fully saturated rings. The van der Waals surface area contributed by atoms with Gasteiger partial charge in [-0.3, -0.25) is 4.79 Å². The molecule has 0 aliphatic heterocycles. The number of amides is 1. The summed E-state index contributed by atoms with van der Waals surface area (Å²) >= 11 is 0. The molecule has 0 aromatic carbocycles. The van der Waals surface area contributed by atoms with E-state index in [1.165, 1.54) is 0 Å². The van der Waals surface area contributed by atoms with Crippen molar-refractivity contribution in [3.8, 4) is 0 Å². The van der Waals surface area contributed by atoms with Crippen LogP contribution in [0.2, 0.25) is 0 Å². The third-order valence-electron chi connectivity index (χ3n) is 0.664. The number of carbonyl (C=O) groups excluding carboxylic acids is 1. The normalized spacial score (nSPS) is 8.00. The lowest BCUT2D eigenvalue weighted by atomic mass is 10.8. The van der Waals surface area contributed by atoms with Crippen molar-refractivity contribution < 1.29 is 14.3 Å². The maximum atomic E-state index is 8.58. The van der Waals surface area contributed by atoms with E-state index in [0.717, 1.165) is 0 Å².